The van der Waals surface area contributed by atoms with Crippen molar-refractivity contribution in [3.63, 3.8) is 0 Å². The Morgan fingerprint density at radius 2 is 1.78 bits per heavy atom. The van der Waals surface area contributed by atoms with Crippen LogP contribution in [0, 0.1) is 0 Å². The Morgan fingerprint density at radius 3 is 2.56 bits per heavy atom. The zero-order valence-electron chi connectivity index (χ0n) is 14.6. The third-order valence-corrected chi connectivity index (χ3v) is 5.78. The molecule has 2 heterocycles. The van der Waals surface area contributed by atoms with E-state index in [-0.39, 0.29) is 0 Å². The molecule has 6 nitrogen and oxygen atoms in total. The summed E-state index contributed by atoms with van der Waals surface area (Å²) in [5, 5.41) is 20.6. The molecule has 0 aliphatic rings. The highest BCUT2D eigenvalue weighted by molar-refractivity contribution is 8.00. The second-order valence-electron chi connectivity index (χ2n) is 5.70. The molecule has 0 radical (unpaired) electrons. The van der Waals surface area contributed by atoms with Gasteiger partial charge in [-0.25, -0.2) is 0 Å². The molecule has 1 N–H and O–H groups in total. The lowest BCUT2D eigenvalue weighted by Crippen LogP contribution is -1.89. The van der Waals surface area contributed by atoms with E-state index >= 15 is 0 Å². The molecule has 0 amide bonds. The van der Waals surface area contributed by atoms with Crippen LogP contribution in [0.2, 0.25) is 0 Å². The van der Waals surface area contributed by atoms with Crippen LogP contribution in [0.5, 0.6) is 0 Å². The average molecular weight is 396 g/mol. The summed E-state index contributed by atoms with van der Waals surface area (Å²) in [6.45, 7) is 2.14. The number of rotatable bonds is 7. The molecule has 2 aromatic heterocycles. The van der Waals surface area contributed by atoms with Gasteiger partial charge in [0.15, 0.2) is 4.34 Å². The van der Waals surface area contributed by atoms with Gasteiger partial charge >= 0.3 is 0 Å². The van der Waals surface area contributed by atoms with Gasteiger partial charge in [0.25, 0.3) is 0 Å². The molecule has 0 aliphatic carbocycles. The molecule has 136 valence electrons. The Balaban J connectivity index is 1.35. The van der Waals surface area contributed by atoms with E-state index in [1.807, 2.05) is 30.3 Å². The van der Waals surface area contributed by atoms with Crippen LogP contribution in [0.4, 0.5) is 10.8 Å². The molecule has 0 saturated heterocycles. The average Bonchev–Trinajstić information content (AvgIpc) is 3.37. The first-order valence-corrected chi connectivity index (χ1v) is 10.3. The Bertz CT molecular complexity index is 998. The molecule has 0 aliphatic heterocycles. The largest absolute Gasteiger partial charge is 0.420 e. The first-order chi connectivity index (χ1) is 13.3. The molecular weight excluding hydrogens is 378 g/mol. The van der Waals surface area contributed by atoms with Crippen LogP contribution in [-0.2, 0) is 12.2 Å². The molecule has 2 aromatic carbocycles. The maximum atomic E-state index is 5.71. The number of benzene rings is 2. The fourth-order valence-corrected chi connectivity index (χ4v) is 4.01. The summed E-state index contributed by atoms with van der Waals surface area (Å²) in [6, 6.07) is 18.1. The fourth-order valence-electron chi connectivity index (χ4n) is 2.40. The van der Waals surface area contributed by atoms with Gasteiger partial charge in [-0.2, -0.15) is 0 Å². The van der Waals surface area contributed by atoms with E-state index in [0.29, 0.717) is 17.5 Å². The number of aryl methyl sites for hydroxylation is 1. The number of anilines is 2. The molecule has 8 heteroatoms. The monoisotopic (exact) mass is 395 g/mol. The van der Waals surface area contributed by atoms with Gasteiger partial charge in [0.1, 0.15) is 0 Å². The van der Waals surface area contributed by atoms with Crippen molar-refractivity contribution in [2.75, 3.05) is 5.32 Å². The number of nitrogens with zero attached hydrogens (tertiary/aromatic N) is 4. The SMILES string of the molecule is CCc1ccc(Nc2nnc(SCc3nnc(-c4ccccc4)o3)s2)cc1. The first-order valence-electron chi connectivity index (χ1n) is 8.50. The van der Waals surface area contributed by atoms with Crippen LogP contribution >= 0.6 is 23.1 Å². The molecule has 27 heavy (non-hydrogen) atoms. The zero-order valence-corrected chi connectivity index (χ0v) is 16.3. The van der Waals surface area contributed by atoms with Crippen LogP contribution in [-0.4, -0.2) is 20.4 Å². The van der Waals surface area contributed by atoms with Gasteiger partial charge < -0.3 is 9.73 Å². The van der Waals surface area contributed by atoms with Gasteiger partial charge in [-0.1, -0.05) is 60.4 Å². The standard InChI is InChI=1S/C19H17N5OS2/c1-2-13-8-10-15(11-9-13)20-18-23-24-19(27-18)26-12-16-21-22-17(25-16)14-6-4-3-5-7-14/h3-11H,2,12H2,1H3,(H,20,23). The molecule has 0 spiro atoms. The van der Waals surface area contributed by atoms with E-state index in [1.165, 1.54) is 28.7 Å². The Labute approximate surface area is 165 Å². The van der Waals surface area contributed by atoms with Crippen LogP contribution in [0.15, 0.2) is 63.4 Å². The highest BCUT2D eigenvalue weighted by Crippen LogP contribution is 2.30. The Hall–Kier alpha value is -2.71. The second-order valence-corrected chi connectivity index (χ2v) is 7.90. The second kappa shape index (κ2) is 8.32. The lowest BCUT2D eigenvalue weighted by atomic mass is 10.1. The van der Waals surface area contributed by atoms with E-state index in [2.05, 4.69) is 56.9 Å². The van der Waals surface area contributed by atoms with Crippen molar-refractivity contribution in [2.24, 2.45) is 0 Å². The normalized spacial score (nSPS) is 10.9. The first kappa shape index (κ1) is 17.7. The van der Waals surface area contributed by atoms with Crippen LogP contribution in [0.25, 0.3) is 11.5 Å². The van der Waals surface area contributed by atoms with Crippen molar-refractivity contribution in [3.8, 4) is 11.5 Å². The van der Waals surface area contributed by atoms with E-state index in [4.69, 9.17) is 4.42 Å². The predicted molar refractivity (Wildman–Crippen MR) is 108 cm³/mol. The molecule has 0 unspecified atom stereocenters. The third kappa shape index (κ3) is 4.53. The number of nitrogens with one attached hydrogen (secondary N) is 1. The van der Waals surface area contributed by atoms with Gasteiger partial charge in [-0.05, 0) is 36.2 Å². The minimum atomic E-state index is 0.529. The van der Waals surface area contributed by atoms with Crippen LogP contribution < -0.4 is 5.32 Å². The van der Waals surface area contributed by atoms with E-state index in [9.17, 15) is 0 Å². The topological polar surface area (TPSA) is 76.7 Å². The van der Waals surface area contributed by atoms with E-state index < -0.39 is 0 Å². The van der Waals surface area contributed by atoms with Gasteiger partial charge in [0, 0.05) is 11.3 Å². The fraction of sp³-hybridized carbons (Fsp3) is 0.158. The molecule has 0 fully saturated rings. The minimum Gasteiger partial charge on any atom is -0.420 e. The van der Waals surface area contributed by atoms with Crippen LogP contribution in [0.3, 0.4) is 0 Å². The number of thioether (sulfide) groups is 1. The van der Waals surface area contributed by atoms with Gasteiger partial charge in [0.2, 0.25) is 16.9 Å². The van der Waals surface area contributed by atoms with E-state index in [0.717, 1.165) is 27.1 Å². The third-order valence-electron chi connectivity index (χ3n) is 3.83. The van der Waals surface area contributed by atoms with Gasteiger partial charge in [0.05, 0.1) is 5.75 Å². The van der Waals surface area contributed by atoms with Crippen molar-refractivity contribution < 1.29 is 4.42 Å². The van der Waals surface area contributed by atoms with Gasteiger partial charge in [-0.3, -0.25) is 0 Å². The van der Waals surface area contributed by atoms with Crippen molar-refractivity contribution >= 4 is 33.9 Å². The maximum Gasteiger partial charge on any atom is 0.247 e. The van der Waals surface area contributed by atoms with Crippen molar-refractivity contribution in [3.05, 3.63) is 66.1 Å². The highest BCUT2D eigenvalue weighted by Gasteiger charge is 2.11. The molecular formula is C19H17N5OS2. The molecule has 4 aromatic rings. The minimum absolute atomic E-state index is 0.529. The molecule has 4 rings (SSSR count). The predicted octanol–water partition coefficient (Wildman–Crippen LogP) is 5.19. The lowest BCUT2D eigenvalue weighted by Gasteiger charge is -2.02. The summed E-state index contributed by atoms with van der Waals surface area (Å²) in [7, 11) is 0. The lowest BCUT2D eigenvalue weighted by molar-refractivity contribution is 0.528. The maximum absolute atomic E-state index is 5.71. The molecule has 0 atom stereocenters. The van der Waals surface area contributed by atoms with Gasteiger partial charge in [-0.15, -0.1) is 20.4 Å². The van der Waals surface area contributed by atoms with Crippen molar-refractivity contribution in [2.45, 2.75) is 23.4 Å². The number of aromatic nitrogens is 4. The Kier molecular flexibility index (Phi) is 5.45. The summed E-state index contributed by atoms with van der Waals surface area (Å²) >= 11 is 3.03. The molecule has 0 bridgehead atoms. The number of hydrogen-bond acceptors (Lipinski definition) is 8. The summed E-state index contributed by atoms with van der Waals surface area (Å²) in [5.41, 5.74) is 3.23. The zero-order chi connectivity index (χ0) is 18.5. The Morgan fingerprint density at radius 1 is 0.963 bits per heavy atom. The van der Waals surface area contributed by atoms with Crippen molar-refractivity contribution in [1.29, 1.82) is 0 Å². The summed E-state index contributed by atoms with van der Waals surface area (Å²) in [4.78, 5) is 0. The van der Waals surface area contributed by atoms with Crippen LogP contribution in [0.1, 0.15) is 18.4 Å². The van der Waals surface area contributed by atoms with E-state index in [1.54, 1.807) is 0 Å². The van der Waals surface area contributed by atoms with Crippen molar-refractivity contribution in [1.82, 2.24) is 20.4 Å². The quantitative estimate of drug-likeness (QED) is 0.432. The smallest absolute Gasteiger partial charge is 0.247 e. The highest BCUT2D eigenvalue weighted by atomic mass is 32.2. The number of hydrogen-bond donors (Lipinski definition) is 1. The summed E-state index contributed by atoms with van der Waals surface area (Å²) < 4.78 is 6.56. The molecule has 0 saturated carbocycles. The summed E-state index contributed by atoms with van der Waals surface area (Å²) in [6.07, 6.45) is 1.03. The summed E-state index contributed by atoms with van der Waals surface area (Å²) in [5.74, 6) is 1.65.